The van der Waals surface area contributed by atoms with E-state index < -0.39 is 15.8 Å². The molecule has 0 N–H and O–H groups in total. The summed E-state index contributed by atoms with van der Waals surface area (Å²) < 4.78 is 39.6. The van der Waals surface area contributed by atoms with E-state index in [2.05, 4.69) is 0 Å². The number of thiophene rings is 1. The summed E-state index contributed by atoms with van der Waals surface area (Å²) in [6, 6.07) is 9.33. The van der Waals surface area contributed by atoms with Crippen molar-refractivity contribution < 1.29 is 12.8 Å². The van der Waals surface area contributed by atoms with Crippen molar-refractivity contribution in [1.29, 1.82) is 0 Å². The lowest BCUT2D eigenvalue weighted by molar-refractivity contribution is 0.458. The molecule has 0 fully saturated rings. The Morgan fingerprint density at radius 2 is 1.95 bits per heavy atom. The molecule has 0 unspecified atom stereocenters. The highest BCUT2D eigenvalue weighted by molar-refractivity contribution is 7.91. The molecule has 0 aliphatic rings. The van der Waals surface area contributed by atoms with Gasteiger partial charge in [0.2, 0.25) is 0 Å². The molecule has 0 bridgehead atoms. The van der Waals surface area contributed by atoms with Crippen LogP contribution in [0.1, 0.15) is 10.4 Å². The minimum atomic E-state index is -3.62. The number of rotatable bonds is 5. The van der Waals surface area contributed by atoms with Gasteiger partial charge >= 0.3 is 0 Å². The van der Waals surface area contributed by atoms with Gasteiger partial charge in [-0.2, -0.15) is 4.31 Å². The van der Waals surface area contributed by atoms with Gasteiger partial charge in [0.05, 0.1) is 5.88 Å². The summed E-state index contributed by atoms with van der Waals surface area (Å²) in [5, 5.41) is 0. The summed E-state index contributed by atoms with van der Waals surface area (Å²) >= 11 is 6.80. The zero-order valence-corrected chi connectivity index (χ0v) is 13.1. The maximum atomic E-state index is 13.6. The summed E-state index contributed by atoms with van der Waals surface area (Å²) in [7, 11) is -2.18. The van der Waals surface area contributed by atoms with Crippen LogP contribution in [0.4, 0.5) is 4.39 Å². The minimum absolute atomic E-state index is 0.0108. The SMILES string of the molecule is CN(Cc1ccccc1F)S(=O)(=O)c1ccc(CCl)s1. The number of halogens is 2. The van der Waals surface area contributed by atoms with E-state index in [0.29, 0.717) is 5.56 Å². The van der Waals surface area contributed by atoms with E-state index in [0.717, 1.165) is 20.5 Å². The molecule has 108 valence electrons. The first-order valence-corrected chi connectivity index (χ1v) is 8.58. The number of alkyl halides is 1. The van der Waals surface area contributed by atoms with Crippen molar-refractivity contribution in [2.24, 2.45) is 0 Å². The first kappa shape index (κ1) is 15.4. The average Bonchev–Trinajstić information content (AvgIpc) is 2.90. The van der Waals surface area contributed by atoms with E-state index in [9.17, 15) is 12.8 Å². The van der Waals surface area contributed by atoms with Gasteiger partial charge in [-0.05, 0) is 18.2 Å². The Bertz CT molecular complexity index is 700. The van der Waals surface area contributed by atoms with Crippen molar-refractivity contribution in [3.05, 3.63) is 52.7 Å². The molecule has 1 aromatic carbocycles. The fraction of sp³-hybridized carbons (Fsp3) is 0.231. The predicted octanol–water partition coefficient (Wildman–Crippen LogP) is 3.45. The van der Waals surface area contributed by atoms with E-state index >= 15 is 0 Å². The highest BCUT2D eigenvalue weighted by atomic mass is 35.5. The van der Waals surface area contributed by atoms with Crippen molar-refractivity contribution in [2.45, 2.75) is 16.6 Å². The van der Waals surface area contributed by atoms with Crippen LogP contribution in [-0.4, -0.2) is 19.8 Å². The second-order valence-corrected chi connectivity index (χ2v) is 7.91. The molecule has 0 atom stereocenters. The third-order valence-corrected chi connectivity index (χ3v) is 6.59. The normalized spacial score (nSPS) is 12.0. The zero-order valence-electron chi connectivity index (χ0n) is 10.7. The quantitative estimate of drug-likeness (QED) is 0.786. The molecule has 0 spiro atoms. The van der Waals surface area contributed by atoms with E-state index in [1.165, 1.54) is 19.2 Å². The Hall–Kier alpha value is -0.950. The van der Waals surface area contributed by atoms with Crippen molar-refractivity contribution in [3.63, 3.8) is 0 Å². The molecule has 3 nitrogen and oxygen atoms in total. The fourth-order valence-electron chi connectivity index (χ4n) is 1.67. The Balaban J connectivity index is 2.23. The summed E-state index contributed by atoms with van der Waals surface area (Å²) in [6.45, 7) is -0.0108. The summed E-state index contributed by atoms with van der Waals surface area (Å²) in [4.78, 5) is 0.782. The van der Waals surface area contributed by atoms with Crippen LogP contribution in [0.25, 0.3) is 0 Å². The minimum Gasteiger partial charge on any atom is -0.207 e. The van der Waals surface area contributed by atoms with Crippen LogP contribution < -0.4 is 0 Å². The van der Waals surface area contributed by atoms with Gasteiger partial charge in [-0.3, -0.25) is 0 Å². The molecule has 0 amide bonds. The van der Waals surface area contributed by atoms with Crippen LogP contribution in [-0.2, 0) is 22.4 Å². The second kappa shape index (κ2) is 6.22. The molecule has 1 aromatic heterocycles. The maximum absolute atomic E-state index is 13.6. The van der Waals surface area contributed by atoms with E-state index in [1.54, 1.807) is 24.3 Å². The molecule has 0 radical (unpaired) electrons. The molecule has 1 heterocycles. The van der Waals surface area contributed by atoms with Gasteiger partial charge in [0.15, 0.2) is 0 Å². The van der Waals surface area contributed by atoms with E-state index in [4.69, 9.17) is 11.6 Å². The lowest BCUT2D eigenvalue weighted by atomic mass is 10.2. The Morgan fingerprint density at radius 3 is 2.55 bits per heavy atom. The van der Waals surface area contributed by atoms with E-state index in [-0.39, 0.29) is 16.6 Å². The topological polar surface area (TPSA) is 37.4 Å². The number of sulfonamides is 1. The van der Waals surface area contributed by atoms with Crippen molar-refractivity contribution >= 4 is 33.0 Å². The molecule has 20 heavy (non-hydrogen) atoms. The average molecular weight is 334 g/mol. The third-order valence-electron chi connectivity index (χ3n) is 2.78. The highest BCUT2D eigenvalue weighted by Gasteiger charge is 2.23. The van der Waals surface area contributed by atoms with Gasteiger partial charge in [0.25, 0.3) is 10.0 Å². The third kappa shape index (κ3) is 3.20. The molecule has 0 saturated heterocycles. The van der Waals surface area contributed by atoms with Crippen LogP contribution in [0, 0.1) is 5.82 Å². The highest BCUT2D eigenvalue weighted by Crippen LogP contribution is 2.26. The van der Waals surface area contributed by atoms with Gasteiger partial charge in [-0.15, -0.1) is 22.9 Å². The van der Waals surface area contributed by atoms with Gasteiger partial charge in [-0.25, -0.2) is 12.8 Å². The summed E-state index contributed by atoms with van der Waals surface area (Å²) in [6.07, 6.45) is 0. The fourth-order valence-corrected chi connectivity index (χ4v) is 4.49. The summed E-state index contributed by atoms with van der Waals surface area (Å²) in [5.74, 6) is -0.140. The number of nitrogens with zero attached hydrogens (tertiary/aromatic N) is 1. The lowest BCUT2D eigenvalue weighted by Crippen LogP contribution is -2.26. The molecule has 0 aliphatic heterocycles. The van der Waals surface area contributed by atoms with Gasteiger partial charge in [-0.1, -0.05) is 18.2 Å². The van der Waals surface area contributed by atoms with Crippen molar-refractivity contribution in [1.82, 2.24) is 4.31 Å². The van der Waals surface area contributed by atoms with Crippen molar-refractivity contribution in [2.75, 3.05) is 7.05 Å². The number of benzene rings is 1. The van der Waals surface area contributed by atoms with Crippen LogP contribution in [0.3, 0.4) is 0 Å². The first-order valence-electron chi connectivity index (χ1n) is 5.79. The predicted molar refractivity (Wildman–Crippen MR) is 78.9 cm³/mol. The van der Waals surface area contributed by atoms with Gasteiger partial charge in [0.1, 0.15) is 10.0 Å². The van der Waals surface area contributed by atoms with Crippen LogP contribution in [0.5, 0.6) is 0 Å². The maximum Gasteiger partial charge on any atom is 0.252 e. The molecular weight excluding hydrogens is 321 g/mol. The van der Waals surface area contributed by atoms with Crippen molar-refractivity contribution in [3.8, 4) is 0 Å². The molecule has 0 saturated carbocycles. The molecular formula is C13H13ClFNO2S2. The number of hydrogen-bond acceptors (Lipinski definition) is 3. The molecule has 2 aromatic rings. The van der Waals surface area contributed by atoms with E-state index in [1.807, 2.05) is 0 Å². The Kier molecular flexibility index (Phi) is 4.80. The van der Waals surface area contributed by atoms with Gasteiger partial charge < -0.3 is 0 Å². The monoisotopic (exact) mass is 333 g/mol. The largest absolute Gasteiger partial charge is 0.252 e. The zero-order chi connectivity index (χ0) is 14.8. The van der Waals surface area contributed by atoms with Gasteiger partial charge in [0, 0.05) is 24.0 Å². The lowest BCUT2D eigenvalue weighted by Gasteiger charge is -2.16. The standard InChI is InChI=1S/C13H13ClFNO2S2/c1-16(9-10-4-2-3-5-12(10)15)20(17,18)13-7-6-11(8-14)19-13/h2-7H,8-9H2,1H3. The molecule has 2 rings (SSSR count). The molecule has 0 aliphatic carbocycles. The summed E-state index contributed by atoms with van der Waals surface area (Å²) in [5.41, 5.74) is 0.340. The molecule has 7 heteroatoms. The smallest absolute Gasteiger partial charge is 0.207 e. The Labute approximate surface area is 126 Å². The second-order valence-electron chi connectivity index (χ2n) is 4.21. The number of hydrogen-bond donors (Lipinski definition) is 0. The van der Waals surface area contributed by atoms with Crippen LogP contribution in [0.15, 0.2) is 40.6 Å². The Morgan fingerprint density at radius 1 is 1.25 bits per heavy atom. The first-order chi connectivity index (χ1) is 9.45. The van der Waals surface area contributed by atoms with Crippen LogP contribution in [0.2, 0.25) is 0 Å². The van der Waals surface area contributed by atoms with Crippen LogP contribution >= 0.6 is 22.9 Å².